The predicted octanol–water partition coefficient (Wildman–Crippen LogP) is -0.195. The third kappa shape index (κ3) is 2.35. The van der Waals surface area contributed by atoms with Crippen molar-refractivity contribution in [2.75, 3.05) is 0 Å². The van der Waals surface area contributed by atoms with Crippen molar-refractivity contribution in [3.05, 3.63) is 60.8 Å². The molecular formula is C14H10LiNO2S. The van der Waals surface area contributed by atoms with E-state index < -0.39 is 9.84 Å². The zero-order valence-corrected chi connectivity index (χ0v) is 11.2. The van der Waals surface area contributed by atoms with E-state index in [4.69, 9.17) is 0 Å². The Labute approximate surface area is 123 Å². The van der Waals surface area contributed by atoms with Gasteiger partial charge in [-0.3, -0.25) is 0 Å². The summed E-state index contributed by atoms with van der Waals surface area (Å²) in [5.41, 5.74) is 0.770. The van der Waals surface area contributed by atoms with Gasteiger partial charge in [0.1, 0.15) is 0 Å². The summed E-state index contributed by atoms with van der Waals surface area (Å²) in [5, 5.41) is 0.668. The second-order valence-corrected chi connectivity index (χ2v) is 5.83. The molecule has 0 aliphatic heterocycles. The number of rotatable bonds is 2. The van der Waals surface area contributed by atoms with Crippen LogP contribution in [-0.4, -0.2) is 13.4 Å². The van der Waals surface area contributed by atoms with Crippen LogP contribution in [0.2, 0.25) is 0 Å². The van der Waals surface area contributed by atoms with Gasteiger partial charge < -0.3 is 4.98 Å². The Hall–Kier alpha value is -1.47. The normalized spacial score (nSPS) is 11.2. The molecule has 19 heavy (non-hydrogen) atoms. The van der Waals surface area contributed by atoms with E-state index in [1.54, 1.807) is 36.4 Å². The molecule has 90 valence electrons. The Kier molecular flexibility index (Phi) is 3.86. The Morgan fingerprint density at radius 1 is 0.895 bits per heavy atom. The molecule has 0 saturated heterocycles. The average Bonchev–Trinajstić information content (AvgIpc) is 2.84. The molecule has 3 aromatic rings. The average molecular weight is 263 g/mol. The molecule has 0 aliphatic rings. The number of aromatic amines is 1. The fraction of sp³-hybridized carbons (Fsp3) is 0. The maximum absolute atomic E-state index is 12.5. The molecule has 5 heteroatoms. The number of benzene rings is 2. The van der Waals surface area contributed by atoms with Crippen LogP contribution in [0.5, 0.6) is 0 Å². The quantitative estimate of drug-likeness (QED) is 0.514. The van der Waals surface area contributed by atoms with Crippen molar-refractivity contribution in [3.8, 4) is 0 Å². The first-order chi connectivity index (χ1) is 8.69. The number of hydrogen-bond donors (Lipinski definition) is 1. The van der Waals surface area contributed by atoms with E-state index in [2.05, 4.69) is 11.2 Å². The molecule has 2 aromatic carbocycles. The van der Waals surface area contributed by atoms with Crippen LogP contribution in [0.25, 0.3) is 10.9 Å². The van der Waals surface area contributed by atoms with Crippen LogP contribution >= 0.6 is 0 Å². The number of H-pyrrole nitrogens is 1. The van der Waals surface area contributed by atoms with Gasteiger partial charge in [-0.1, -0.05) is 36.5 Å². The number of fused-ring (bicyclic) bond motifs is 1. The molecule has 1 heterocycles. The van der Waals surface area contributed by atoms with Crippen LogP contribution in [0.1, 0.15) is 0 Å². The van der Waals surface area contributed by atoms with E-state index in [1.165, 1.54) is 0 Å². The number of nitrogens with one attached hydrogen (secondary N) is 1. The van der Waals surface area contributed by atoms with Crippen molar-refractivity contribution >= 4 is 20.7 Å². The fourth-order valence-corrected chi connectivity index (χ4v) is 3.32. The summed E-state index contributed by atoms with van der Waals surface area (Å²) in [7, 11) is -3.51. The van der Waals surface area contributed by atoms with E-state index in [0.29, 0.717) is 5.39 Å². The first kappa shape index (κ1) is 13.9. The van der Waals surface area contributed by atoms with Gasteiger partial charge >= 0.3 is 18.9 Å². The SMILES string of the molecule is O=S(=O)(c1ccccc1)c1[c-][nH]c2ccccc12.[Li+]. The Morgan fingerprint density at radius 2 is 1.53 bits per heavy atom. The first-order valence-corrected chi connectivity index (χ1v) is 6.96. The molecular weight excluding hydrogens is 253 g/mol. The summed E-state index contributed by atoms with van der Waals surface area (Å²) in [4.78, 5) is 3.34. The van der Waals surface area contributed by atoms with Gasteiger partial charge in [0.25, 0.3) is 0 Å². The Balaban J connectivity index is 0.00000133. The van der Waals surface area contributed by atoms with Crippen molar-refractivity contribution in [2.45, 2.75) is 9.79 Å². The standard InChI is InChI=1S/C14H10NO2S.Li/c16-18(17,11-6-2-1-3-7-11)14-10-15-13-9-5-4-8-12(13)14;/h1-9,15H;/q-1;+1. The molecule has 0 bridgehead atoms. The topological polar surface area (TPSA) is 49.9 Å². The van der Waals surface area contributed by atoms with E-state index in [1.807, 2.05) is 18.2 Å². The number of sulfone groups is 1. The van der Waals surface area contributed by atoms with Crippen molar-refractivity contribution in [1.82, 2.24) is 4.98 Å². The summed E-state index contributed by atoms with van der Waals surface area (Å²) >= 11 is 0. The van der Waals surface area contributed by atoms with Gasteiger partial charge in [0, 0.05) is 0 Å². The maximum Gasteiger partial charge on any atom is 1.00 e. The summed E-state index contributed by atoms with van der Waals surface area (Å²) < 4.78 is 24.9. The van der Waals surface area contributed by atoms with Gasteiger partial charge in [0.2, 0.25) is 0 Å². The van der Waals surface area contributed by atoms with E-state index in [9.17, 15) is 8.42 Å². The van der Waals surface area contributed by atoms with E-state index >= 15 is 0 Å². The fourth-order valence-electron chi connectivity index (χ4n) is 1.91. The van der Waals surface area contributed by atoms with Gasteiger partial charge in [-0.15, -0.1) is 23.0 Å². The molecule has 3 rings (SSSR count). The van der Waals surface area contributed by atoms with Crippen LogP contribution in [0, 0.1) is 6.20 Å². The summed E-state index contributed by atoms with van der Waals surface area (Å²) in [6.45, 7) is 0. The predicted molar refractivity (Wildman–Crippen MR) is 69.0 cm³/mol. The van der Waals surface area contributed by atoms with E-state index in [-0.39, 0.29) is 28.7 Å². The van der Waals surface area contributed by atoms with Gasteiger partial charge in [0.15, 0.2) is 9.84 Å². The minimum Gasteiger partial charge on any atom is -0.476 e. The molecule has 0 spiro atoms. The molecule has 0 radical (unpaired) electrons. The summed E-state index contributed by atoms with van der Waals surface area (Å²) in [6, 6.07) is 15.7. The first-order valence-electron chi connectivity index (χ1n) is 5.48. The van der Waals surface area contributed by atoms with Crippen LogP contribution in [0.15, 0.2) is 64.4 Å². The maximum atomic E-state index is 12.5. The zero-order valence-electron chi connectivity index (χ0n) is 10.4. The number of aromatic nitrogens is 1. The van der Waals surface area contributed by atoms with E-state index in [0.717, 1.165) is 5.52 Å². The van der Waals surface area contributed by atoms with Crippen molar-refractivity contribution in [1.29, 1.82) is 0 Å². The van der Waals surface area contributed by atoms with Crippen LogP contribution in [0.3, 0.4) is 0 Å². The van der Waals surface area contributed by atoms with Crippen LogP contribution in [0.4, 0.5) is 0 Å². The minimum atomic E-state index is -3.51. The molecule has 1 N–H and O–H groups in total. The third-order valence-corrected chi connectivity index (χ3v) is 4.56. The minimum absolute atomic E-state index is 0. The summed E-state index contributed by atoms with van der Waals surface area (Å²) in [6.07, 6.45) is 2.74. The Morgan fingerprint density at radius 3 is 2.26 bits per heavy atom. The second kappa shape index (κ2) is 5.26. The molecule has 1 aromatic heterocycles. The monoisotopic (exact) mass is 263 g/mol. The molecule has 0 fully saturated rings. The second-order valence-electron chi connectivity index (χ2n) is 3.94. The largest absolute Gasteiger partial charge is 1.00 e. The van der Waals surface area contributed by atoms with Gasteiger partial charge in [0.05, 0.1) is 4.90 Å². The van der Waals surface area contributed by atoms with Gasteiger partial charge in [-0.05, 0) is 17.0 Å². The number of hydrogen-bond acceptors (Lipinski definition) is 2. The van der Waals surface area contributed by atoms with Crippen LogP contribution < -0.4 is 18.9 Å². The molecule has 0 saturated carbocycles. The molecule has 3 nitrogen and oxygen atoms in total. The smallest absolute Gasteiger partial charge is 0.476 e. The van der Waals surface area contributed by atoms with Crippen molar-refractivity contribution in [3.63, 3.8) is 0 Å². The molecule has 0 aliphatic carbocycles. The number of para-hydroxylation sites is 1. The van der Waals surface area contributed by atoms with Crippen LogP contribution in [-0.2, 0) is 9.84 Å². The summed E-state index contributed by atoms with van der Waals surface area (Å²) in [5.74, 6) is 0. The zero-order chi connectivity index (χ0) is 12.6. The molecule has 0 amide bonds. The van der Waals surface area contributed by atoms with Gasteiger partial charge in [-0.25, -0.2) is 8.42 Å². The Bertz CT molecular complexity index is 794. The van der Waals surface area contributed by atoms with Crippen molar-refractivity contribution < 1.29 is 27.3 Å². The van der Waals surface area contributed by atoms with Gasteiger partial charge in [-0.2, -0.15) is 0 Å². The molecule has 0 atom stereocenters. The van der Waals surface area contributed by atoms with Crippen molar-refractivity contribution in [2.24, 2.45) is 0 Å². The third-order valence-electron chi connectivity index (χ3n) is 2.80. The molecule has 0 unspecified atom stereocenters.